The lowest BCUT2D eigenvalue weighted by atomic mass is 10.0. The molecule has 0 fully saturated rings. The van der Waals surface area contributed by atoms with Gasteiger partial charge in [-0.3, -0.25) is 9.13 Å². The average molecular weight is 500 g/mol. The van der Waals surface area contributed by atoms with Gasteiger partial charge in [0.2, 0.25) is 0 Å². The van der Waals surface area contributed by atoms with Crippen molar-refractivity contribution in [3.8, 4) is 22.5 Å². The van der Waals surface area contributed by atoms with E-state index in [9.17, 15) is 0 Å². The first kappa shape index (κ1) is 21.9. The molecule has 0 saturated carbocycles. The Kier molecular flexibility index (Phi) is 4.74. The van der Waals surface area contributed by atoms with Crippen LogP contribution in [0.25, 0.3) is 66.4 Å². The molecule has 3 heteroatoms. The number of nitrogens with zero attached hydrogens (tertiary/aromatic N) is 3. The van der Waals surface area contributed by atoms with Crippen LogP contribution in [-0.4, -0.2) is 14.1 Å². The monoisotopic (exact) mass is 499 g/mol. The molecule has 8 rings (SSSR count). The van der Waals surface area contributed by atoms with Gasteiger partial charge in [0.15, 0.2) is 0 Å². The van der Waals surface area contributed by atoms with E-state index in [0.29, 0.717) is 0 Å². The van der Waals surface area contributed by atoms with E-state index < -0.39 is 0 Å². The van der Waals surface area contributed by atoms with Gasteiger partial charge in [-0.05, 0) is 66.1 Å². The SMILES string of the molecule is Cc1ccccc1-c1cccc(-n2c3ccccc3c3cc4c5ccccc5n(-c5ccccc5)c4nc32)c1. The second-order valence-electron chi connectivity index (χ2n) is 10.1. The maximum atomic E-state index is 5.45. The summed E-state index contributed by atoms with van der Waals surface area (Å²) >= 11 is 0. The molecule has 0 aliphatic rings. The molecule has 0 aliphatic heterocycles. The van der Waals surface area contributed by atoms with Crippen LogP contribution in [0.5, 0.6) is 0 Å². The molecule has 0 N–H and O–H groups in total. The maximum absolute atomic E-state index is 5.45. The standard InChI is InChI=1S/C36H25N3/c1-24-12-5-6-17-28(24)25-13-11-16-27(22-25)39-34-21-10-8-19-30(34)32-23-31-29-18-7-9-20-33(29)38(35(31)37-36(32)39)26-14-3-2-4-15-26/h2-23H,1H3. The fourth-order valence-electron chi connectivity index (χ4n) is 6.06. The zero-order valence-electron chi connectivity index (χ0n) is 21.5. The number of rotatable bonds is 3. The zero-order valence-corrected chi connectivity index (χ0v) is 21.5. The van der Waals surface area contributed by atoms with Gasteiger partial charge in [-0.2, -0.15) is 0 Å². The molecule has 0 unspecified atom stereocenters. The molecule has 0 aliphatic carbocycles. The van der Waals surface area contributed by atoms with Crippen molar-refractivity contribution in [2.75, 3.05) is 0 Å². The van der Waals surface area contributed by atoms with Gasteiger partial charge in [0.05, 0.1) is 11.0 Å². The number of aryl methyl sites for hydroxylation is 1. The molecule has 5 aromatic carbocycles. The molecule has 0 spiro atoms. The van der Waals surface area contributed by atoms with Gasteiger partial charge in [-0.25, -0.2) is 4.98 Å². The van der Waals surface area contributed by atoms with Crippen LogP contribution >= 0.6 is 0 Å². The van der Waals surface area contributed by atoms with Crippen LogP contribution in [0.1, 0.15) is 5.56 Å². The van der Waals surface area contributed by atoms with Crippen LogP contribution in [0.3, 0.4) is 0 Å². The minimum atomic E-state index is 0.964. The first-order valence-electron chi connectivity index (χ1n) is 13.3. The highest BCUT2D eigenvalue weighted by atomic mass is 15.1. The summed E-state index contributed by atoms with van der Waals surface area (Å²) in [6, 6.07) is 47.5. The lowest BCUT2D eigenvalue weighted by Crippen LogP contribution is -1.99. The summed E-state index contributed by atoms with van der Waals surface area (Å²) in [5.41, 5.74) is 10.2. The van der Waals surface area contributed by atoms with Crippen molar-refractivity contribution in [2.24, 2.45) is 0 Å². The second kappa shape index (κ2) is 8.44. The smallest absolute Gasteiger partial charge is 0.148 e. The highest BCUT2D eigenvalue weighted by Crippen LogP contribution is 2.38. The van der Waals surface area contributed by atoms with E-state index >= 15 is 0 Å². The minimum Gasteiger partial charge on any atom is -0.294 e. The number of pyridine rings is 1. The normalized spacial score (nSPS) is 11.7. The maximum Gasteiger partial charge on any atom is 0.148 e. The third kappa shape index (κ3) is 3.27. The van der Waals surface area contributed by atoms with Crippen molar-refractivity contribution in [3.05, 3.63) is 139 Å². The molecule has 0 radical (unpaired) electrons. The van der Waals surface area contributed by atoms with Crippen molar-refractivity contribution in [1.29, 1.82) is 0 Å². The van der Waals surface area contributed by atoms with Crippen LogP contribution in [0.4, 0.5) is 0 Å². The molecule has 0 bridgehead atoms. The number of aromatic nitrogens is 3. The van der Waals surface area contributed by atoms with Crippen LogP contribution in [0.15, 0.2) is 133 Å². The molecular weight excluding hydrogens is 474 g/mol. The van der Waals surface area contributed by atoms with Crippen molar-refractivity contribution < 1.29 is 0 Å². The molecule has 3 heterocycles. The molecule has 184 valence electrons. The summed E-state index contributed by atoms with van der Waals surface area (Å²) in [6.07, 6.45) is 0. The number of hydrogen-bond donors (Lipinski definition) is 0. The molecule has 0 amide bonds. The van der Waals surface area contributed by atoms with E-state index in [4.69, 9.17) is 4.98 Å². The van der Waals surface area contributed by atoms with Gasteiger partial charge in [0, 0.05) is 32.9 Å². The summed E-state index contributed by atoms with van der Waals surface area (Å²) in [5.74, 6) is 0. The predicted octanol–water partition coefficient (Wildman–Crippen LogP) is 9.25. The van der Waals surface area contributed by atoms with Crippen LogP contribution < -0.4 is 0 Å². The number of para-hydroxylation sites is 3. The van der Waals surface area contributed by atoms with E-state index in [1.165, 1.54) is 32.8 Å². The molecule has 3 aromatic heterocycles. The zero-order chi connectivity index (χ0) is 25.9. The first-order chi connectivity index (χ1) is 19.3. The Bertz CT molecular complexity index is 2180. The van der Waals surface area contributed by atoms with Crippen LogP contribution in [-0.2, 0) is 0 Å². The number of fused-ring (bicyclic) bond motifs is 6. The minimum absolute atomic E-state index is 0.964. The van der Waals surface area contributed by atoms with Gasteiger partial charge in [-0.1, -0.05) is 91.0 Å². The Labute approximate surface area is 226 Å². The predicted molar refractivity (Wildman–Crippen MR) is 163 cm³/mol. The first-order valence-corrected chi connectivity index (χ1v) is 13.3. The molecule has 0 saturated heterocycles. The largest absolute Gasteiger partial charge is 0.294 e. The van der Waals surface area contributed by atoms with Gasteiger partial charge >= 0.3 is 0 Å². The topological polar surface area (TPSA) is 22.8 Å². The van der Waals surface area contributed by atoms with Crippen molar-refractivity contribution in [3.63, 3.8) is 0 Å². The fourth-order valence-corrected chi connectivity index (χ4v) is 6.06. The molecular formula is C36H25N3. The highest BCUT2D eigenvalue weighted by Gasteiger charge is 2.19. The van der Waals surface area contributed by atoms with Crippen molar-refractivity contribution >= 4 is 43.9 Å². The van der Waals surface area contributed by atoms with Crippen LogP contribution in [0.2, 0.25) is 0 Å². The number of benzene rings is 5. The van der Waals surface area contributed by atoms with Crippen molar-refractivity contribution in [1.82, 2.24) is 14.1 Å². The molecule has 0 atom stereocenters. The molecule has 3 nitrogen and oxygen atoms in total. The number of hydrogen-bond acceptors (Lipinski definition) is 1. The Morgan fingerprint density at radius 3 is 1.72 bits per heavy atom. The van der Waals surface area contributed by atoms with Crippen molar-refractivity contribution in [2.45, 2.75) is 6.92 Å². The van der Waals surface area contributed by atoms with Gasteiger partial charge < -0.3 is 0 Å². The summed E-state index contributed by atoms with van der Waals surface area (Å²) in [5, 5.41) is 4.75. The second-order valence-corrected chi connectivity index (χ2v) is 10.1. The Morgan fingerprint density at radius 1 is 0.462 bits per heavy atom. The highest BCUT2D eigenvalue weighted by molar-refractivity contribution is 6.16. The van der Waals surface area contributed by atoms with E-state index in [1.54, 1.807) is 0 Å². The van der Waals surface area contributed by atoms with E-state index in [-0.39, 0.29) is 0 Å². The Hall–Kier alpha value is -5.15. The van der Waals surface area contributed by atoms with Gasteiger partial charge in [0.1, 0.15) is 11.3 Å². The van der Waals surface area contributed by atoms with E-state index in [0.717, 1.165) is 39.1 Å². The Morgan fingerprint density at radius 2 is 1.03 bits per heavy atom. The quantitative estimate of drug-likeness (QED) is 0.237. The fraction of sp³-hybridized carbons (Fsp3) is 0.0278. The van der Waals surface area contributed by atoms with E-state index in [1.807, 2.05) is 0 Å². The third-order valence-corrected chi connectivity index (χ3v) is 7.85. The summed E-state index contributed by atoms with van der Waals surface area (Å²) in [6.45, 7) is 2.17. The summed E-state index contributed by atoms with van der Waals surface area (Å²) in [4.78, 5) is 5.45. The Balaban J connectivity index is 1.49. The average Bonchev–Trinajstić information content (AvgIpc) is 3.49. The molecule has 8 aromatic rings. The van der Waals surface area contributed by atoms with E-state index in [2.05, 4.69) is 150 Å². The lowest BCUT2D eigenvalue weighted by Gasteiger charge is -2.12. The van der Waals surface area contributed by atoms with Gasteiger partial charge in [0.25, 0.3) is 0 Å². The lowest BCUT2D eigenvalue weighted by molar-refractivity contribution is 1.11. The van der Waals surface area contributed by atoms with Crippen LogP contribution in [0, 0.1) is 6.92 Å². The summed E-state index contributed by atoms with van der Waals surface area (Å²) in [7, 11) is 0. The van der Waals surface area contributed by atoms with Gasteiger partial charge in [-0.15, -0.1) is 0 Å². The molecule has 39 heavy (non-hydrogen) atoms. The summed E-state index contributed by atoms with van der Waals surface area (Å²) < 4.78 is 4.61. The third-order valence-electron chi connectivity index (χ3n) is 7.85.